The van der Waals surface area contributed by atoms with E-state index in [-0.39, 0.29) is 0 Å². The van der Waals surface area contributed by atoms with Gasteiger partial charge < -0.3 is 14.2 Å². The lowest BCUT2D eigenvalue weighted by Gasteiger charge is -2.40. The predicted octanol–water partition coefficient (Wildman–Crippen LogP) is 2.03. The van der Waals surface area contributed by atoms with E-state index in [2.05, 4.69) is 15.8 Å². The van der Waals surface area contributed by atoms with Gasteiger partial charge in [-0.2, -0.15) is 5.10 Å². The average Bonchev–Trinajstić information content (AvgIpc) is 3.06. The van der Waals surface area contributed by atoms with Crippen molar-refractivity contribution in [1.82, 2.24) is 14.7 Å². The maximum Gasteiger partial charge on any atom is 0.0558 e. The normalized spacial score (nSPS) is 26.7. The van der Waals surface area contributed by atoms with Gasteiger partial charge in [0, 0.05) is 76.4 Å². The van der Waals surface area contributed by atoms with Crippen LogP contribution in [0.3, 0.4) is 0 Å². The molecule has 3 aliphatic rings. The van der Waals surface area contributed by atoms with Crippen molar-refractivity contribution in [3.05, 3.63) is 17.5 Å². The van der Waals surface area contributed by atoms with Gasteiger partial charge in [-0.05, 0) is 31.6 Å². The maximum absolute atomic E-state index is 5.58. The van der Waals surface area contributed by atoms with Crippen molar-refractivity contribution in [2.45, 2.75) is 50.7 Å². The molecule has 0 aliphatic carbocycles. The van der Waals surface area contributed by atoms with Gasteiger partial charge in [0.05, 0.1) is 12.8 Å². The zero-order chi connectivity index (χ0) is 17.1. The Morgan fingerprint density at radius 2 is 1.84 bits per heavy atom. The molecule has 0 N–H and O–H groups in total. The molecule has 0 spiro atoms. The Labute approximate surface area is 150 Å². The first kappa shape index (κ1) is 17.5. The monoisotopic (exact) mass is 349 g/mol. The molecule has 1 aromatic heterocycles. The van der Waals surface area contributed by atoms with Crippen LogP contribution in [0, 0.1) is 5.92 Å². The summed E-state index contributed by atoms with van der Waals surface area (Å²) in [6, 6.07) is 0.639. The molecule has 0 bridgehead atoms. The Kier molecular flexibility index (Phi) is 5.70. The van der Waals surface area contributed by atoms with E-state index in [4.69, 9.17) is 19.3 Å². The second-order valence-corrected chi connectivity index (χ2v) is 7.72. The van der Waals surface area contributed by atoms with Crippen LogP contribution < -0.4 is 0 Å². The molecule has 2 saturated heterocycles. The summed E-state index contributed by atoms with van der Waals surface area (Å²) in [5.41, 5.74) is 2.81. The molecule has 4 heterocycles. The van der Waals surface area contributed by atoms with E-state index in [9.17, 15) is 0 Å². The minimum absolute atomic E-state index is 0.416. The Bertz CT molecular complexity index is 550. The van der Waals surface area contributed by atoms with Gasteiger partial charge in [-0.3, -0.25) is 9.58 Å². The van der Waals surface area contributed by atoms with Crippen molar-refractivity contribution in [1.29, 1.82) is 0 Å². The highest BCUT2D eigenvalue weighted by Crippen LogP contribution is 2.32. The Balaban J connectivity index is 1.51. The largest absolute Gasteiger partial charge is 0.384 e. The highest BCUT2D eigenvalue weighted by molar-refractivity contribution is 5.26. The number of hydrogen-bond acceptors (Lipinski definition) is 5. The van der Waals surface area contributed by atoms with Crippen LogP contribution in [0.5, 0.6) is 0 Å². The zero-order valence-corrected chi connectivity index (χ0v) is 15.4. The van der Waals surface area contributed by atoms with Crippen LogP contribution in [0.25, 0.3) is 0 Å². The smallest absolute Gasteiger partial charge is 0.0558 e. The first-order valence-electron chi connectivity index (χ1n) is 9.78. The van der Waals surface area contributed by atoms with Gasteiger partial charge in [-0.15, -0.1) is 0 Å². The lowest BCUT2D eigenvalue weighted by Crippen LogP contribution is -2.45. The fourth-order valence-corrected chi connectivity index (χ4v) is 4.66. The number of ether oxygens (including phenoxy) is 3. The molecular weight excluding hydrogens is 318 g/mol. The quantitative estimate of drug-likeness (QED) is 0.814. The number of methoxy groups -OCH3 is 1. The lowest BCUT2D eigenvalue weighted by molar-refractivity contribution is 0.0194. The molecule has 0 saturated carbocycles. The third-order valence-corrected chi connectivity index (χ3v) is 6.02. The van der Waals surface area contributed by atoms with E-state index in [1.54, 1.807) is 0 Å². The van der Waals surface area contributed by atoms with Gasteiger partial charge in [-0.1, -0.05) is 0 Å². The molecule has 2 fully saturated rings. The van der Waals surface area contributed by atoms with E-state index in [0.717, 1.165) is 78.4 Å². The number of fused-ring (bicyclic) bond motifs is 1. The number of hydrogen-bond donors (Lipinski definition) is 0. The van der Waals surface area contributed by atoms with Crippen LogP contribution in [-0.2, 0) is 27.3 Å². The molecule has 3 aliphatic heterocycles. The van der Waals surface area contributed by atoms with Gasteiger partial charge in [-0.25, -0.2) is 0 Å². The summed E-state index contributed by atoms with van der Waals surface area (Å²) in [5, 5.41) is 4.77. The Hall–Kier alpha value is -0.950. The van der Waals surface area contributed by atoms with Crippen molar-refractivity contribution in [2.24, 2.45) is 5.92 Å². The number of nitrogens with zero attached hydrogens (tertiary/aromatic N) is 3. The summed E-state index contributed by atoms with van der Waals surface area (Å²) >= 11 is 0. The molecule has 1 unspecified atom stereocenters. The summed E-state index contributed by atoms with van der Waals surface area (Å²) in [7, 11) is 1.81. The topological polar surface area (TPSA) is 48.8 Å². The van der Waals surface area contributed by atoms with Gasteiger partial charge in [0.15, 0.2) is 0 Å². The van der Waals surface area contributed by atoms with Crippen molar-refractivity contribution in [3.8, 4) is 0 Å². The average molecular weight is 349 g/mol. The second-order valence-electron chi connectivity index (χ2n) is 7.72. The fourth-order valence-electron chi connectivity index (χ4n) is 4.66. The third-order valence-electron chi connectivity index (χ3n) is 6.02. The SMILES string of the molecule is COCC1CN(C2CCOCC2)Cc2cnn(CC3CCOCC3)c21. The van der Waals surface area contributed by atoms with Crippen LogP contribution in [-0.4, -0.2) is 67.4 Å². The predicted molar refractivity (Wildman–Crippen MR) is 94.6 cm³/mol. The highest BCUT2D eigenvalue weighted by Gasteiger charge is 2.33. The van der Waals surface area contributed by atoms with Crippen LogP contribution >= 0.6 is 0 Å². The van der Waals surface area contributed by atoms with Gasteiger partial charge in [0.1, 0.15) is 0 Å². The first-order valence-corrected chi connectivity index (χ1v) is 9.78. The Morgan fingerprint density at radius 1 is 1.12 bits per heavy atom. The van der Waals surface area contributed by atoms with Crippen LogP contribution in [0.1, 0.15) is 42.9 Å². The molecule has 1 atom stereocenters. The standard InChI is InChI=1S/C19H31N3O3/c1-23-14-17-13-21(18-4-8-25-9-5-18)12-16-10-20-22(19(16)17)11-15-2-6-24-7-3-15/h10,15,17-18H,2-9,11-14H2,1H3. The van der Waals surface area contributed by atoms with E-state index in [1.807, 2.05) is 7.11 Å². The van der Waals surface area contributed by atoms with E-state index >= 15 is 0 Å². The van der Waals surface area contributed by atoms with Gasteiger partial charge in [0.2, 0.25) is 0 Å². The van der Waals surface area contributed by atoms with E-state index in [1.165, 1.54) is 11.3 Å². The van der Waals surface area contributed by atoms with Crippen LogP contribution in [0.4, 0.5) is 0 Å². The summed E-state index contributed by atoms with van der Waals surface area (Å²) in [6.45, 7) is 7.47. The Morgan fingerprint density at radius 3 is 2.56 bits per heavy atom. The summed E-state index contributed by atoms with van der Waals surface area (Å²) in [5.74, 6) is 1.11. The van der Waals surface area contributed by atoms with E-state index in [0.29, 0.717) is 17.9 Å². The molecule has 1 aromatic rings. The maximum atomic E-state index is 5.58. The number of rotatable bonds is 5. The lowest BCUT2D eigenvalue weighted by atomic mass is 9.93. The highest BCUT2D eigenvalue weighted by atomic mass is 16.5. The van der Waals surface area contributed by atoms with E-state index < -0.39 is 0 Å². The van der Waals surface area contributed by atoms with Crippen molar-refractivity contribution in [2.75, 3.05) is 46.7 Å². The third kappa shape index (κ3) is 3.92. The van der Waals surface area contributed by atoms with Crippen LogP contribution in [0.2, 0.25) is 0 Å². The van der Waals surface area contributed by atoms with Crippen molar-refractivity contribution in [3.63, 3.8) is 0 Å². The molecule has 0 radical (unpaired) electrons. The van der Waals surface area contributed by atoms with Gasteiger partial charge in [0.25, 0.3) is 0 Å². The minimum Gasteiger partial charge on any atom is -0.384 e. The molecular formula is C19H31N3O3. The van der Waals surface area contributed by atoms with Gasteiger partial charge >= 0.3 is 0 Å². The minimum atomic E-state index is 0.416. The van der Waals surface area contributed by atoms with Crippen molar-refractivity contribution < 1.29 is 14.2 Å². The number of aromatic nitrogens is 2. The molecule has 6 heteroatoms. The van der Waals surface area contributed by atoms with Crippen LogP contribution in [0.15, 0.2) is 6.20 Å². The first-order chi connectivity index (χ1) is 12.3. The molecule has 4 rings (SSSR count). The molecule has 6 nitrogen and oxygen atoms in total. The molecule has 0 amide bonds. The summed E-state index contributed by atoms with van der Waals surface area (Å²) in [4.78, 5) is 2.63. The summed E-state index contributed by atoms with van der Waals surface area (Å²) < 4.78 is 18.9. The van der Waals surface area contributed by atoms with Crippen molar-refractivity contribution >= 4 is 0 Å². The zero-order valence-electron chi connectivity index (χ0n) is 15.4. The molecule has 140 valence electrons. The molecule has 25 heavy (non-hydrogen) atoms. The fraction of sp³-hybridized carbons (Fsp3) is 0.842. The second kappa shape index (κ2) is 8.16. The molecule has 0 aromatic carbocycles. The summed E-state index contributed by atoms with van der Waals surface area (Å²) in [6.07, 6.45) is 6.69.